The summed E-state index contributed by atoms with van der Waals surface area (Å²) in [5.41, 5.74) is 11.5. The minimum atomic E-state index is -0.353. The molecule has 0 atom stereocenters. The lowest BCUT2D eigenvalue weighted by Crippen LogP contribution is -2.13. The average Bonchev–Trinajstić information content (AvgIpc) is 3.45. The van der Waals surface area contributed by atoms with Crippen molar-refractivity contribution in [3.05, 3.63) is 53.3 Å². The smallest absolute Gasteiger partial charge is 0.251 e. The van der Waals surface area contributed by atoms with Gasteiger partial charge in [0.05, 0.1) is 16.8 Å². The number of carbonyl (C=O) groups is 1. The average molecular weight is 361 g/mol. The lowest BCUT2D eigenvalue weighted by atomic mass is 10.0. The summed E-state index contributed by atoms with van der Waals surface area (Å²) < 4.78 is 2.38. The number of rotatable bonds is 7. The number of hydrogen-bond acceptors (Lipinski definition) is 2. The summed E-state index contributed by atoms with van der Waals surface area (Å²) in [7, 11) is 0. The van der Waals surface area contributed by atoms with Gasteiger partial charge in [-0.2, -0.15) is 0 Å². The van der Waals surface area contributed by atoms with Crippen molar-refractivity contribution in [1.82, 2.24) is 9.55 Å². The third-order valence-electron chi connectivity index (χ3n) is 5.58. The number of primary amides is 1. The Morgan fingerprint density at radius 2 is 1.96 bits per heavy atom. The van der Waals surface area contributed by atoms with Crippen molar-refractivity contribution in [1.29, 1.82) is 0 Å². The van der Waals surface area contributed by atoms with Gasteiger partial charge in [-0.05, 0) is 44.7 Å². The number of amides is 1. The van der Waals surface area contributed by atoms with E-state index in [-0.39, 0.29) is 5.91 Å². The summed E-state index contributed by atoms with van der Waals surface area (Å²) in [6, 6.07) is 12.7. The Morgan fingerprint density at radius 3 is 2.67 bits per heavy atom. The number of fused-ring (bicyclic) bond motifs is 1. The van der Waals surface area contributed by atoms with Crippen LogP contribution < -0.4 is 5.73 Å². The molecule has 0 spiro atoms. The van der Waals surface area contributed by atoms with Gasteiger partial charge in [-0.25, -0.2) is 4.98 Å². The summed E-state index contributed by atoms with van der Waals surface area (Å²) in [6.07, 6.45) is 6.80. The van der Waals surface area contributed by atoms with Gasteiger partial charge in [0.2, 0.25) is 0 Å². The fraction of sp³-hybridized carbons (Fsp3) is 0.391. The maximum atomic E-state index is 12.4. The van der Waals surface area contributed by atoms with Crippen LogP contribution in [0.5, 0.6) is 0 Å². The van der Waals surface area contributed by atoms with Crippen molar-refractivity contribution in [3.8, 4) is 11.3 Å². The van der Waals surface area contributed by atoms with Crippen LogP contribution >= 0.6 is 0 Å². The molecule has 0 aliphatic heterocycles. The van der Waals surface area contributed by atoms with Gasteiger partial charge in [-0.1, -0.05) is 44.0 Å². The number of nitrogens with zero attached hydrogens (tertiary/aromatic N) is 2. The molecule has 4 nitrogen and oxygen atoms in total. The third-order valence-corrected chi connectivity index (χ3v) is 5.58. The first-order chi connectivity index (χ1) is 13.1. The minimum absolute atomic E-state index is 0.353. The zero-order valence-corrected chi connectivity index (χ0v) is 16.2. The molecule has 140 valence electrons. The molecular weight excluding hydrogens is 334 g/mol. The van der Waals surface area contributed by atoms with Gasteiger partial charge in [0, 0.05) is 28.4 Å². The van der Waals surface area contributed by atoms with Gasteiger partial charge < -0.3 is 10.3 Å². The van der Waals surface area contributed by atoms with Crippen LogP contribution in [0.1, 0.15) is 66.8 Å². The molecule has 0 bridgehead atoms. The van der Waals surface area contributed by atoms with Gasteiger partial charge in [0.25, 0.3) is 5.91 Å². The van der Waals surface area contributed by atoms with Crippen LogP contribution in [0, 0.1) is 6.92 Å². The van der Waals surface area contributed by atoms with E-state index in [0.29, 0.717) is 11.6 Å². The monoisotopic (exact) mass is 361 g/mol. The zero-order chi connectivity index (χ0) is 19.0. The number of hydrogen-bond donors (Lipinski definition) is 1. The van der Waals surface area contributed by atoms with Gasteiger partial charge in [-0.15, -0.1) is 0 Å². The standard InChI is InChI=1S/C23H27N3O/c1-3-4-5-10-20-22(19-14-11-16-8-6-7-9-18(16)25-19)21(23(24)27)15(2)26(20)17-12-13-17/h6-9,11,14,17H,3-5,10,12-13H2,1-2H3,(H2,24,27). The van der Waals surface area contributed by atoms with Gasteiger partial charge in [-0.3, -0.25) is 4.79 Å². The second kappa shape index (κ2) is 7.18. The third kappa shape index (κ3) is 3.25. The molecule has 1 aromatic carbocycles. The molecule has 1 amide bonds. The van der Waals surface area contributed by atoms with Crippen molar-refractivity contribution in [3.63, 3.8) is 0 Å². The van der Waals surface area contributed by atoms with Gasteiger partial charge in [0.1, 0.15) is 0 Å². The molecule has 4 rings (SSSR count). The van der Waals surface area contributed by atoms with Gasteiger partial charge in [0.15, 0.2) is 0 Å². The lowest BCUT2D eigenvalue weighted by molar-refractivity contribution is 0.1000. The molecule has 1 aliphatic carbocycles. The molecule has 2 heterocycles. The number of aromatic nitrogens is 2. The van der Waals surface area contributed by atoms with E-state index >= 15 is 0 Å². The Balaban J connectivity index is 1.92. The summed E-state index contributed by atoms with van der Waals surface area (Å²) in [4.78, 5) is 17.3. The maximum Gasteiger partial charge on any atom is 0.251 e. The van der Waals surface area contributed by atoms with Crippen LogP contribution in [0.4, 0.5) is 0 Å². The summed E-state index contributed by atoms with van der Waals surface area (Å²) >= 11 is 0. The van der Waals surface area contributed by atoms with Crippen LogP contribution in [0.25, 0.3) is 22.2 Å². The minimum Gasteiger partial charge on any atom is -0.366 e. The van der Waals surface area contributed by atoms with E-state index in [9.17, 15) is 4.79 Å². The van der Waals surface area contributed by atoms with Crippen molar-refractivity contribution < 1.29 is 4.79 Å². The number of carbonyl (C=O) groups excluding carboxylic acids is 1. The molecule has 27 heavy (non-hydrogen) atoms. The Morgan fingerprint density at radius 1 is 1.19 bits per heavy atom. The SMILES string of the molecule is CCCCCc1c(-c2ccc3ccccc3n2)c(C(N)=O)c(C)n1C1CC1. The number of para-hydroxylation sites is 1. The topological polar surface area (TPSA) is 60.9 Å². The molecule has 2 N–H and O–H groups in total. The predicted octanol–water partition coefficient (Wildman–Crippen LogP) is 5.18. The van der Waals surface area contributed by atoms with E-state index in [1.165, 1.54) is 31.4 Å². The highest BCUT2D eigenvalue weighted by Crippen LogP contribution is 2.43. The van der Waals surface area contributed by atoms with Crippen molar-refractivity contribution in [2.45, 2.75) is 58.4 Å². The molecule has 2 aromatic heterocycles. The first-order valence-corrected chi connectivity index (χ1v) is 10.0. The first kappa shape index (κ1) is 17.8. The first-order valence-electron chi connectivity index (χ1n) is 10.0. The molecule has 1 aliphatic rings. The fourth-order valence-electron chi connectivity index (χ4n) is 4.17. The summed E-state index contributed by atoms with van der Waals surface area (Å²) in [5, 5.41) is 1.10. The Bertz CT molecular complexity index is 998. The summed E-state index contributed by atoms with van der Waals surface area (Å²) in [5.74, 6) is -0.353. The van der Waals surface area contributed by atoms with E-state index in [1.807, 2.05) is 31.2 Å². The Labute approximate surface area is 160 Å². The molecule has 4 heteroatoms. The van der Waals surface area contributed by atoms with Gasteiger partial charge >= 0.3 is 0 Å². The van der Waals surface area contributed by atoms with Crippen LogP contribution in [-0.2, 0) is 6.42 Å². The van der Waals surface area contributed by atoms with Crippen molar-refractivity contribution in [2.24, 2.45) is 5.73 Å². The summed E-state index contributed by atoms with van der Waals surface area (Å²) in [6.45, 7) is 4.25. The van der Waals surface area contributed by atoms with E-state index in [4.69, 9.17) is 10.7 Å². The highest BCUT2D eigenvalue weighted by atomic mass is 16.1. The van der Waals surface area contributed by atoms with E-state index in [2.05, 4.69) is 23.6 Å². The van der Waals surface area contributed by atoms with Crippen LogP contribution in [0.15, 0.2) is 36.4 Å². The predicted molar refractivity (Wildman–Crippen MR) is 110 cm³/mol. The largest absolute Gasteiger partial charge is 0.366 e. The molecule has 1 saturated carbocycles. The molecule has 0 unspecified atom stereocenters. The van der Waals surface area contributed by atoms with Crippen LogP contribution in [0.2, 0.25) is 0 Å². The van der Waals surface area contributed by atoms with E-state index in [1.54, 1.807) is 0 Å². The Kier molecular flexibility index (Phi) is 4.73. The quantitative estimate of drug-likeness (QED) is 0.590. The number of pyridine rings is 1. The van der Waals surface area contributed by atoms with Crippen LogP contribution in [0.3, 0.4) is 0 Å². The molecular formula is C23H27N3O. The maximum absolute atomic E-state index is 12.4. The zero-order valence-electron chi connectivity index (χ0n) is 16.2. The lowest BCUT2D eigenvalue weighted by Gasteiger charge is -2.12. The molecule has 3 aromatic rings. The molecule has 1 fully saturated rings. The van der Waals surface area contributed by atoms with Crippen molar-refractivity contribution >= 4 is 16.8 Å². The fourth-order valence-corrected chi connectivity index (χ4v) is 4.17. The number of nitrogens with two attached hydrogens (primary N) is 1. The van der Waals surface area contributed by atoms with Crippen LogP contribution in [-0.4, -0.2) is 15.5 Å². The van der Waals surface area contributed by atoms with Crippen molar-refractivity contribution in [2.75, 3.05) is 0 Å². The highest BCUT2D eigenvalue weighted by molar-refractivity contribution is 6.02. The Hall–Kier alpha value is -2.62. The highest BCUT2D eigenvalue weighted by Gasteiger charge is 2.33. The van der Waals surface area contributed by atoms with E-state index in [0.717, 1.165) is 40.7 Å². The second-order valence-electron chi connectivity index (χ2n) is 7.59. The second-order valence-corrected chi connectivity index (χ2v) is 7.59. The number of unbranched alkanes of at least 4 members (excludes halogenated alkanes) is 2. The number of benzene rings is 1. The normalized spacial score (nSPS) is 14.0. The molecule has 0 radical (unpaired) electrons. The molecule has 0 saturated heterocycles. The van der Waals surface area contributed by atoms with E-state index < -0.39 is 0 Å².